The first-order valence-corrected chi connectivity index (χ1v) is 6.71. The van der Waals surface area contributed by atoms with E-state index in [0.717, 1.165) is 6.42 Å². The molecule has 0 heterocycles. The molecule has 0 atom stereocenters. The van der Waals surface area contributed by atoms with Crippen LogP contribution in [0.1, 0.15) is 23.7 Å². The summed E-state index contributed by atoms with van der Waals surface area (Å²) in [5, 5.41) is 5.46. The summed E-state index contributed by atoms with van der Waals surface area (Å²) < 4.78 is 26.9. The number of nitrogens with one attached hydrogen (secondary N) is 2. The van der Waals surface area contributed by atoms with Gasteiger partial charge in [0.15, 0.2) is 0 Å². The zero-order valence-electron chi connectivity index (χ0n) is 11.6. The van der Waals surface area contributed by atoms with Gasteiger partial charge in [-0.05, 0) is 36.8 Å². The maximum atomic E-state index is 13.8. The molecule has 110 valence electrons. The Morgan fingerprint density at radius 1 is 1.14 bits per heavy atom. The molecular weight excluding hydrogens is 274 g/mol. The molecule has 0 saturated heterocycles. The predicted octanol–water partition coefficient (Wildman–Crippen LogP) is 4.04. The van der Waals surface area contributed by atoms with Crippen molar-refractivity contribution in [3.8, 4) is 0 Å². The first kappa shape index (κ1) is 15.0. The van der Waals surface area contributed by atoms with E-state index in [1.54, 1.807) is 6.07 Å². The molecule has 21 heavy (non-hydrogen) atoms. The number of para-hydroxylation sites is 1. The highest BCUT2D eigenvalue weighted by atomic mass is 19.1. The molecular formula is C16H16F2N2O. The van der Waals surface area contributed by atoms with E-state index in [1.807, 2.05) is 6.92 Å². The second kappa shape index (κ2) is 6.83. The molecule has 0 aliphatic heterocycles. The smallest absolute Gasteiger partial charge is 0.257 e. The average Bonchev–Trinajstić information content (AvgIpc) is 2.45. The normalized spacial score (nSPS) is 10.2. The largest absolute Gasteiger partial charge is 0.382 e. The lowest BCUT2D eigenvalue weighted by Crippen LogP contribution is -2.16. The van der Waals surface area contributed by atoms with E-state index in [0.29, 0.717) is 12.2 Å². The number of benzene rings is 2. The van der Waals surface area contributed by atoms with Crippen LogP contribution in [0.5, 0.6) is 0 Å². The highest BCUT2D eigenvalue weighted by Gasteiger charge is 2.15. The van der Waals surface area contributed by atoms with Crippen LogP contribution in [0.25, 0.3) is 0 Å². The van der Waals surface area contributed by atoms with Gasteiger partial charge in [-0.25, -0.2) is 8.78 Å². The quantitative estimate of drug-likeness (QED) is 0.872. The van der Waals surface area contributed by atoms with Crippen molar-refractivity contribution in [1.29, 1.82) is 0 Å². The topological polar surface area (TPSA) is 41.1 Å². The summed E-state index contributed by atoms with van der Waals surface area (Å²) in [6.07, 6.45) is 0.805. The minimum atomic E-state index is -0.490. The number of carbonyl (C=O) groups is 1. The molecule has 0 aliphatic carbocycles. The van der Waals surface area contributed by atoms with Crippen molar-refractivity contribution in [2.75, 3.05) is 17.2 Å². The van der Waals surface area contributed by atoms with E-state index in [-0.39, 0.29) is 11.3 Å². The van der Waals surface area contributed by atoms with Crippen LogP contribution in [-0.2, 0) is 0 Å². The Morgan fingerprint density at radius 3 is 2.62 bits per heavy atom. The molecule has 2 N–H and O–H groups in total. The average molecular weight is 290 g/mol. The Hall–Kier alpha value is -2.43. The molecule has 1 amide bonds. The highest BCUT2D eigenvalue weighted by Crippen LogP contribution is 2.21. The molecule has 2 aromatic carbocycles. The van der Waals surface area contributed by atoms with E-state index in [2.05, 4.69) is 10.6 Å². The molecule has 2 rings (SSSR count). The van der Waals surface area contributed by atoms with Crippen molar-refractivity contribution in [1.82, 2.24) is 0 Å². The molecule has 0 saturated carbocycles. The fourth-order valence-electron chi connectivity index (χ4n) is 1.91. The summed E-state index contributed by atoms with van der Waals surface area (Å²) in [5.74, 6) is -1.43. The van der Waals surface area contributed by atoms with Crippen LogP contribution in [0.3, 0.4) is 0 Å². The van der Waals surface area contributed by atoms with E-state index in [1.165, 1.54) is 36.4 Å². The fourth-order valence-corrected chi connectivity index (χ4v) is 1.91. The lowest BCUT2D eigenvalue weighted by atomic mass is 10.1. The van der Waals surface area contributed by atoms with Crippen molar-refractivity contribution >= 4 is 17.3 Å². The van der Waals surface area contributed by atoms with Crippen molar-refractivity contribution in [2.45, 2.75) is 13.3 Å². The Labute approximate surface area is 122 Å². The summed E-state index contributed by atoms with van der Waals surface area (Å²) in [7, 11) is 0. The molecule has 0 aromatic heterocycles. The SMILES string of the molecule is CCCNc1c(F)cccc1C(=O)Nc1cccc(F)c1. The van der Waals surface area contributed by atoms with Gasteiger partial charge in [0.25, 0.3) is 5.91 Å². The summed E-state index contributed by atoms with van der Waals surface area (Å²) in [6.45, 7) is 2.50. The Morgan fingerprint density at radius 2 is 1.90 bits per heavy atom. The van der Waals surface area contributed by atoms with Crippen LogP contribution in [0.15, 0.2) is 42.5 Å². The van der Waals surface area contributed by atoms with Crippen LogP contribution in [0, 0.1) is 11.6 Å². The van der Waals surface area contributed by atoms with Gasteiger partial charge in [0.1, 0.15) is 11.6 Å². The first-order chi connectivity index (χ1) is 10.1. The van der Waals surface area contributed by atoms with Gasteiger partial charge in [0.2, 0.25) is 0 Å². The van der Waals surface area contributed by atoms with Gasteiger partial charge >= 0.3 is 0 Å². The van der Waals surface area contributed by atoms with E-state index in [9.17, 15) is 13.6 Å². The van der Waals surface area contributed by atoms with Crippen molar-refractivity contribution < 1.29 is 13.6 Å². The number of hydrogen-bond donors (Lipinski definition) is 2. The summed E-state index contributed by atoms with van der Waals surface area (Å²) >= 11 is 0. The van der Waals surface area contributed by atoms with Gasteiger partial charge in [-0.3, -0.25) is 4.79 Å². The molecule has 3 nitrogen and oxygen atoms in total. The minimum Gasteiger partial charge on any atom is -0.382 e. The standard InChI is InChI=1S/C16H16F2N2O/c1-2-9-19-15-13(7-4-8-14(15)18)16(21)20-12-6-3-5-11(17)10-12/h3-8,10,19H,2,9H2,1H3,(H,20,21). The van der Waals surface area contributed by atoms with Gasteiger partial charge < -0.3 is 10.6 Å². The van der Waals surface area contributed by atoms with Gasteiger partial charge in [-0.15, -0.1) is 0 Å². The number of anilines is 2. The Bertz CT molecular complexity index is 644. The van der Waals surface area contributed by atoms with Crippen LogP contribution in [-0.4, -0.2) is 12.5 Å². The van der Waals surface area contributed by atoms with Crippen LogP contribution >= 0.6 is 0 Å². The third-order valence-electron chi connectivity index (χ3n) is 2.89. The molecule has 2 aromatic rings. The zero-order valence-corrected chi connectivity index (χ0v) is 11.6. The second-order valence-corrected chi connectivity index (χ2v) is 4.55. The van der Waals surface area contributed by atoms with Crippen LogP contribution in [0.4, 0.5) is 20.2 Å². The van der Waals surface area contributed by atoms with E-state index in [4.69, 9.17) is 0 Å². The lowest BCUT2D eigenvalue weighted by Gasteiger charge is -2.12. The summed E-state index contributed by atoms with van der Waals surface area (Å²) in [6, 6.07) is 9.83. The molecule has 0 radical (unpaired) electrons. The number of hydrogen-bond acceptors (Lipinski definition) is 2. The minimum absolute atomic E-state index is 0.160. The number of halogens is 2. The molecule has 0 unspecified atom stereocenters. The van der Waals surface area contributed by atoms with Gasteiger partial charge in [-0.2, -0.15) is 0 Å². The van der Waals surface area contributed by atoms with Crippen molar-refractivity contribution in [3.05, 3.63) is 59.7 Å². The van der Waals surface area contributed by atoms with Gasteiger partial charge in [-0.1, -0.05) is 19.1 Å². The molecule has 0 bridgehead atoms. The fraction of sp³-hybridized carbons (Fsp3) is 0.188. The third-order valence-corrected chi connectivity index (χ3v) is 2.89. The molecule has 0 spiro atoms. The monoisotopic (exact) mass is 290 g/mol. The maximum Gasteiger partial charge on any atom is 0.257 e. The first-order valence-electron chi connectivity index (χ1n) is 6.71. The number of rotatable bonds is 5. The number of carbonyl (C=O) groups excluding carboxylic acids is 1. The van der Waals surface area contributed by atoms with Crippen molar-refractivity contribution in [3.63, 3.8) is 0 Å². The van der Waals surface area contributed by atoms with Gasteiger partial charge in [0.05, 0.1) is 11.3 Å². The molecule has 0 aliphatic rings. The van der Waals surface area contributed by atoms with Crippen LogP contribution < -0.4 is 10.6 Å². The number of amides is 1. The van der Waals surface area contributed by atoms with Gasteiger partial charge in [0, 0.05) is 12.2 Å². The van der Waals surface area contributed by atoms with E-state index >= 15 is 0 Å². The molecule has 5 heteroatoms. The van der Waals surface area contributed by atoms with Crippen molar-refractivity contribution in [2.24, 2.45) is 0 Å². The maximum absolute atomic E-state index is 13.8. The molecule has 0 fully saturated rings. The predicted molar refractivity (Wildman–Crippen MR) is 79.5 cm³/mol. The zero-order chi connectivity index (χ0) is 15.2. The van der Waals surface area contributed by atoms with Crippen LogP contribution in [0.2, 0.25) is 0 Å². The Balaban J connectivity index is 2.24. The summed E-state index contributed by atoms with van der Waals surface area (Å²) in [4.78, 5) is 12.2. The highest BCUT2D eigenvalue weighted by molar-refractivity contribution is 6.08. The third kappa shape index (κ3) is 3.78. The van der Waals surface area contributed by atoms with E-state index < -0.39 is 17.5 Å². The Kier molecular flexibility index (Phi) is 4.87. The summed E-state index contributed by atoms with van der Waals surface area (Å²) in [5.41, 5.74) is 0.673. The lowest BCUT2D eigenvalue weighted by molar-refractivity contribution is 0.102. The second-order valence-electron chi connectivity index (χ2n) is 4.55.